The Morgan fingerprint density at radius 1 is 1.00 bits per heavy atom. The van der Waals surface area contributed by atoms with Crippen LogP contribution >= 0.6 is 11.6 Å². The van der Waals surface area contributed by atoms with Crippen molar-refractivity contribution >= 4 is 34.0 Å². The number of halogens is 1. The molecule has 0 unspecified atom stereocenters. The SMILES string of the molecule is O=C(CCOc1ccc(Cl)cc1)Nc1cccc2c(O)cccc12. The van der Waals surface area contributed by atoms with Crippen molar-refractivity contribution in [2.45, 2.75) is 6.42 Å². The summed E-state index contributed by atoms with van der Waals surface area (Å²) < 4.78 is 5.52. The van der Waals surface area contributed by atoms with Gasteiger partial charge in [-0.25, -0.2) is 0 Å². The highest BCUT2D eigenvalue weighted by Gasteiger charge is 2.08. The Morgan fingerprint density at radius 2 is 1.71 bits per heavy atom. The molecule has 5 heteroatoms. The summed E-state index contributed by atoms with van der Waals surface area (Å²) in [6.45, 7) is 0.267. The number of fused-ring (bicyclic) bond motifs is 1. The summed E-state index contributed by atoms with van der Waals surface area (Å²) in [5.74, 6) is 0.705. The Labute approximate surface area is 144 Å². The van der Waals surface area contributed by atoms with E-state index in [1.54, 1.807) is 48.5 Å². The quantitative estimate of drug-likeness (QED) is 0.712. The third-order valence-electron chi connectivity index (χ3n) is 3.58. The molecule has 0 heterocycles. The molecule has 0 aliphatic carbocycles. The molecule has 4 nitrogen and oxygen atoms in total. The zero-order chi connectivity index (χ0) is 16.9. The molecular formula is C19H16ClNO3. The number of benzene rings is 3. The molecule has 2 N–H and O–H groups in total. The fourth-order valence-electron chi connectivity index (χ4n) is 2.41. The maximum atomic E-state index is 12.1. The van der Waals surface area contributed by atoms with Crippen molar-refractivity contribution in [3.05, 3.63) is 65.7 Å². The van der Waals surface area contributed by atoms with Gasteiger partial charge in [0, 0.05) is 21.5 Å². The van der Waals surface area contributed by atoms with Crippen LogP contribution in [0, 0.1) is 0 Å². The van der Waals surface area contributed by atoms with E-state index in [0.717, 1.165) is 5.39 Å². The maximum Gasteiger partial charge on any atom is 0.227 e. The molecule has 122 valence electrons. The summed E-state index contributed by atoms with van der Waals surface area (Å²) in [6.07, 6.45) is 0.220. The van der Waals surface area contributed by atoms with Gasteiger partial charge in [0.25, 0.3) is 0 Å². The van der Waals surface area contributed by atoms with Gasteiger partial charge in [0.1, 0.15) is 11.5 Å². The third-order valence-corrected chi connectivity index (χ3v) is 3.84. The van der Waals surface area contributed by atoms with Crippen LogP contribution in [-0.2, 0) is 4.79 Å². The number of phenols is 1. The number of hydrogen-bond donors (Lipinski definition) is 2. The first-order valence-electron chi connectivity index (χ1n) is 7.52. The third kappa shape index (κ3) is 3.78. The number of carbonyl (C=O) groups is 1. The van der Waals surface area contributed by atoms with Crippen molar-refractivity contribution in [2.24, 2.45) is 0 Å². The molecule has 0 aliphatic heterocycles. The van der Waals surface area contributed by atoms with Gasteiger partial charge in [-0.15, -0.1) is 0 Å². The number of amides is 1. The van der Waals surface area contributed by atoms with Gasteiger partial charge in [0.15, 0.2) is 0 Å². The van der Waals surface area contributed by atoms with Crippen molar-refractivity contribution in [3.8, 4) is 11.5 Å². The molecule has 24 heavy (non-hydrogen) atoms. The molecule has 0 spiro atoms. The zero-order valence-corrected chi connectivity index (χ0v) is 13.6. The van der Waals surface area contributed by atoms with E-state index in [-0.39, 0.29) is 24.7 Å². The molecular weight excluding hydrogens is 326 g/mol. The highest BCUT2D eigenvalue weighted by molar-refractivity contribution is 6.30. The highest BCUT2D eigenvalue weighted by Crippen LogP contribution is 2.29. The lowest BCUT2D eigenvalue weighted by atomic mass is 10.1. The minimum absolute atomic E-state index is 0.153. The molecule has 0 saturated heterocycles. The summed E-state index contributed by atoms with van der Waals surface area (Å²) in [6, 6.07) is 17.6. The van der Waals surface area contributed by atoms with Gasteiger partial charge in [-0.1, -0.05) is 35.9 Å². The van der Waals surface area contributed by atoms with Gasteiger partial charge in [0.2, 0.25) is 5.91 Å². The Morgan fingerprint density at radius 3 is 2.50 bits per heavy atom. The Kier molecular flexibility index (Phi) is 4.87. The summed E-state index contributed by atoms with van der Waals surface area (Å²) >= 11 is 5.81. The topological polar surface area (TPSA) is 58.6 Å². The van der Waals surface area contributed by atoms with E-state index in [4.69, 9.17) is 16.3 Å². The van der Waals surface area contributed by atoms with Gasteiger partial charge < -0.3 is 15.2 Å². The number of rotatable bonds is 5. The van der Waals surface area contributed by atoms with Crippen LogP contribution in [0.4, 0.5) is 5.69 Å². The van der Waals surface area contributed by atoms with E-state index in [0.29, 0.717) is 21.8 Å². The maximum absolute atomic E-state index is 12.1. The lowest BCUT2D eigenvalue weighted by Crippen LogP contribution is -2.15. The van der Waals surface area contributed by atoms with Gasteiger partial charge in [-0.2, -0.15) is 0 Å². The standard InChI is InChI=1S/C19H16ClNO3/c20-13-7-9-14(10-8-13)24-12-11-19(23)21-17-5-1-4-16-15(17)3-2-6-18(16)22/h1-10,22H,11-12H2,(H,21,23). The van der Waals surface area contributed by atoms with Crippen LogP contribution in [0.25, 0.3) is 10.8 Å². The van der Waals surface area contributed by atoms with Crippen LogP contribution in [0.2, 0.25) is 5.02 Å². The molecule has 0 aromatic heterocycles. The molecule has 3 aromatic rings. The zero-order valence-electron chi connectivity index (χ0n) is 12.8. The van der Waals surface area contributed by atoms with E-state index < -0.39 is 0 Å². The predicted molar refractivity (Wildman–Crippen MR) is 95.8 cm³/mol. The average Bonchev–Trinajstić information content (AvgIpc) is 2.58. The first-order chi connectivity index (χ1) is 11.6. The molecule has 0 fully saturated rings. The smallest absolute Gasteiger partial charge is 0.227 e. The second-order valence-corrected chi connectivity index (χ2v) is 5.71. The van der Waals surface area contributed by atoms with E-state index in [2.05, 4.69) is 5.32 Å². The van der Waals surface area contributed by atoms with E-state index in [1.165, 1.54) is 0 Å². The second kappa shape index (κ2) is 7.23. The van der Waals surface area contributed by atoms with Crippen LogP contribution in [0.1, 0.15) is 6.42 Å². The molecule has 3 rings (SSSR count). The van der Waals surface area contributed by atoms with E-state index in [1.807, 2.05) is 12.1 Å². The number of aromatic hydroxyl groups is 1. The minimum atomic E-state index is -0.153. The Balaban J connectivity index is 1.61. The lowest BCUT2D eigenvalue weighted by Gasteiger charge is -2.10. The fourth-order valence-corrected chi connectivity index (χ4v) is 2.53. The summed E-state index contributed by atoms with van der Waals surface area (Å²) in [7, 11) is 0. The molecule has 0 saturated carbocycles. The monoisotopic (exact) mass is 341 g/mol. The van der Waals surface area contributed by atoms with E-state index >= 15 is 0 Å². The van der Waals surface area contributed by atoms with Crippen LogP contribution in [0.15, 0.2) is 60.7 Å². The normalized spacial score (nSPS) is 10.5. The van der Waals surface area contributed by atoms with Crippen LogP contribution < -0.4 is 10.1 Å². The van der Waals surface area contributed by atoms with Crippen LogP contribution in [-0.4, -0.2) is 17.6 Å². The van der Waals surface area contributed by atoms with Gasteiger partial charge in [0.05, 0.1) is 13.0 Å². The minimum Gasteiger partial charge on any atom is -0.507 e. The Bertz CT molecular complexity index is 862. The van der Waals surface area contributed by atoms with E-state index in [9.17, 15) is 9.90 Å². The molecule has 0 aliphatic rings. The lowest BCUT2D eigenvalue weighted by molar-refractivity contribution is -0.116. The van der Waals surface area contributed by atoms with Crippen molar-refractivity contribution < 1.29 is 14.6 Å². The van der Waals surface area contributed by atoms with Crippen LogP contribution in [0.3, 0.4) is 0 Å². The number of anilines is 1. The van der Waals surface area contributed by atoms with Crippen molar-refractivity contribution in [3.63, 3.8) is 0 Å². The largest absolute Gasteiger partial charge is 0.507 e. The van der Waals surface area contributed by atoms with Crippen molar-refractivity contribution in [1.29, 1.82) is 0 Å². The highest BCUT2D eigenvalue weighted by atomic mass is 35.5. The van der Waals surface area contributed by atoms with Crippen LogP contribution in [0.5, 0.6) is 11.5 Å². The Hall–Kier alpha value is -2.72. The number of phenolic OH excluding ortho intramolecular Hbond substituents is 1. The first kappa shape index (κ1) is 16.1. The average molecular weight is 342 g/mol. The molecule has 0 atom stereocenters. The summed E-state index contributed by atoms with van der Waals surface area (Å²) in [5, 5.41) is 14.9. The second-order valence-electron chi connectivity index (χ2n) is 5.28. The molecule has 0 radical (unpaired) electrons. The number of hydrogen-bond acceptors (Lipinski definition) is 3. The molecule has 1 amide bonds. The first-order valence-corrected chi connectivity index (χ1v) is 7.90. The van der Waals surface area contributed by atoms with Crippen molar-refractivity contribution in [2.75, 3.05) is 11.9 Å². The van der Waals surface area contributed by atoms with Crippen molar-refractivity contribution in [1.82, 2.24) is 0 Å². The summed E-state index contributed by atoms with van der Waals surface area (Å²) in [5.41, 5.74) is 0.667. The number of carbonyl (C=O) groups excluding carboxylic acids is 1. The molecule has 0 bridgehead atoms. The molecule has 3 aromatic carbocycles. The fraction of sp³-hybridized carbons (Fsp3) is 0.105. The van der Waals surface area contributed by atoms with Gasteiger partial charge in [-0.05, 0) is 36.4 Å². The van der Waals surface area contributed by atoms with Gasteiger partial charge in [-0.3, -0.25) is 4.79 Å². The predicted octanol–water partition coefficient (Wildman–Crippen LogP) is 4.61. The summed E-state index contributed by atoms with van der Waals surface area (Å²) in [4.78, 5) is 12.1. The number of nitrogens with one attached hydrogen (secondary N) is 1. The van der Waals surface area contributed by atoms with Gasteiger partial charge >= 0.3 is 0 Å². The number of ether oxygens (including phenoxy) is 1.